The average Bonchev–Trinajstić information content (AvgIpc) is 3.01. The summed E-state index contributed by atoms with van der Waals surface area (Å²) in [5, 5.41) is 3.66. The summed E-state index contributed by atoms with van der Waals surface area (Å²) in [4.78, 5) is 0. The topological polar surface area (TPSA) is 12.0 Å². The molecule has 1 spiro atoms. The molecular weight excluding hydrogens is 206 g/mol. The van der Waals surface area contributed by atoms with Crippen LogP contribution in [-0.2, 0) is 0 Å². The van der Waals surface area contributed by atoms with Crippen LogP contribution in [0.2, 0.25) is 0 Å². The first-order chi connectivity index (χ1) is 8.16. The number of nitrogens with one attached hydrogen (secondary N) is 1. The zero-order valence-electron chi connectivity index (χ0n) is 12.1. The molecule has 0 saturated heterocycles. The average molecular weight is 237 g/mol. The van der Waals surface area contributed by atoms with E-state index in [2.05, 4.69) is 26.1 Å². The Kier molecular flexibility index (Phi) is 4.52. The minimum atomic E-state index is 0.786. The van der Waals surface area contributed by atoms with Gasteiger partial charge in [0.05, 0.1) is 0 Å². The largest absolute Gasteiger partial charge is 0.316 e. The Labute approximate surface area is 108 Å². The molecule has 100 valence electrons. The van der Waals surface area contributed by atoms with Crippen LogP contribution in [0.25, 0.3) is 0 Å². The van der Waals surface area contributed by atoms with E-state index in [4.69, 9.17) is 0 Å². The highest BCUT2D eigenvalue weighted by Crippen LogP contribution is 2.60. The Morgan fingerprint density at radius 3 is 2.76 bits per heavy atom. The summed E-state index contributed by atoms with van der Waals surface area (Å²) in [6.45, 7) is 9.46. The van der Waals surface area contributed by atoms with Crippen molar-refractivity contribution in [2.24, 2.45) is 23.2 Å². The van der Waals surface area contributed by atoms with E-state index in [9.17, 15) is 0 Å². The van der Waals surface area contributed by atoms with Crippen LogP contribution < -0.4 is 5.32 Å². The Hall–Kier alpha value is -0.0400. The van der Waals surface area contributed by atoms with E-state index < -0.39 is 0 Å². The molecule has 3 atom stereocenters. The zero-order chi connectivity index (χ0) is 12.3. The molecule has 1 nitrogen and oxygen atoms in total. The number of rotatable bonds is 5. The van der Waals surface area contributed by atoms with E-state index in [-0.39, 0.29) is 0 Å². The van der Waals surface area contributed by atoms with Gasteiger partial charge in [-0.15, -0.1) is 0 Å². The lowest BCUT2D eigenvalue weighted by Crippen LogP contribution is -2.24. The number of hydrogen-bond acceptors (Lipinski definition) is 1. The molecule has 2 aliphatic rings. The SMILES string of the molecule is CCC1CCCC2(CC1)CC2CNCC(C)C. The van der Waals surface area contributed by atoms with Gasteiger partial charge in [0.1, 0.15) is 0 Å². The minimum Gasteiger partial charge on any atom is -0.316 e. The van der Waals surface area contributed by atoms with Crippen LogP contribution in [0, 0.1) is 23.2 Å². The Balaban J connectivity index is 1.71. The molecular formula is C16H31N. The van der Waals surface area contributed by atoms with Crippen LogP contribution in [0.1, 0.15) is 65.7 Å². The predicted octanol–water partition coefficient (Wildman–Crippen LogP) is 4.23. The van der Waals surface area contributed by atoms with Crippen molar-refractivity contribution in [3.8, 4) is 0 Å². The highest BCUT2D eigenvalue weighted by atomic mass is 14.9. The van der Waals surface area contributed by atoms with Crippen molar-refractivity contribution in [2.45, 2.75) is 65.7 Å². The smallest absolute Gasteiger partial charge is 0.00149 e. The van der Waals surface area contributed by atoms with Crippen molar-refractivity contribution in [1.82, 2.24) is 5.32 Å². The highest BCUT2D eigenvalue weighted by Gasteiger charge is 2.52. The third-order valence-corrected chi connectivity index (χ3v) is 5.22. The van der Waals surface area contributed by atoms with Crippen LogP contribution in [0.5, 0.6) is 0 Å². The maximum absolute atomic E-state index is 3.66. The van der Waals surface area contributed by atoms with Gasteiger partial charge in [0.25, 0.3) is 0 Å². The van der Waals surface area contributed by atoms with Crippen LogP contribution in [-0.4, -0.2) is 13.1 Å². The van der Waals surface area contributed by atoms with Gasteiger partial charge in [0.2, 0.25) is 0 Å². The normalized spacial score (nSPS) is 37.4. The maximum Gasteiger partial charge on any atom is -0.00149 e. The molecule has 2 fully saturated rings. The summed E-state index contributed by atoms with van der Waals surface area (Å²) in [6.07, 6.45) is 10.5. The predicted molar refractivity (Wildman–Crippen MR) is 75.1 cm³/mol. The summed E-state index contributed by atoms with van der Waals surface area (Å²) in [6, 6.07) is 0. The first kappa shape index (κ1) is 13.4. The molecule has 0 aromatic rings. The lowest BCUT2D eigenvalue weighted by Gasteiger charge is -2.15. The quantitative estimate of drug-likeness (QED) is 0.754. The Morgan fingerprint density at radius 2 is 2.06 bits per heavy atom. The van der Waals surface area contributed by atoms with Crippen molar-refractivity contribution in [3.05, 3.63) is 0 Å². The summed E-state index contributed by atoms with van der Waals surface area (Å²) in [5.41, 5.74) is 0.786. The summed E-state index contributed by atoms with van der Waals surface area (Å²) in [7, 11) is 0. The molecule has 17 heavy (non-hydrogen) atoms. The fourth-order valence-electron chi connectivity index (χ4n) is 3.79. The second-order valence-electron chi connectivity index (χ2n) is 7.02. The highest BCUT2D eigenvalue weighted by molar-refractivity contribution is 5.03. The van der Waals surface area contributed by atoms with E-state index in [0.29, 0.717) is 0 Å². The van der Waals surface area contributed by atoms with Crippen LogP contribution >= 0.6 is 0 Å². The maximum atomic E-state index is 3.66. The molecule has 1 heteroatoms. The molecule has 0 aromatic carbocycles. The first-order valence-corrected chi connectivity index (χ1v) is 7.87. The van der Waals surface area contributed by atoms with Gasteiger partial charge < -0.3 is 5.32 Å². The van der Waals surface area contributed by atoms with E-state index >= 15 is 0 Å². The molecule has 2 rings (SSSR count). The van der Waals surface area contributed by atoms with Crippen molar-refractivity contribution in [1.29, 1.82) is 0 Å². The third kappa shape index (κ3) is 3.47. The van der Waals surface area contributed by atoms with Crippen LogP contribution in [0.4, 0.5) is 0 Å². The van der Waals surface area contributed by atoms with Gasteiger partial charge in [-0.25, -0.2) is 0 Å². The molecule has 0 aliphatic heterocycles. The molecule has 3 unspecified atom stereocenters. The van der Waals surface area contributed by atoms with Gasteiger partial charge in [0.15, 0.2) is 0 Å². The molecule has 0 amide bonds. The van der Waals surface area contributed by atoms with Crippen LogP contribution in [0.15, 0.2) is 0 Å². The molecule has 2 aliphatic carbocycles. The van der Waals surface area contributed by atoms with E-state index in [1.54, 1.807) is 0 Å². The van der Waals surface area contributed by atoms with Gasteiger partial charge in [-0.05, 0) is 61.9 Å². The molecule has 0 radical (unpaired) electrons. The fourth-order valence-corrected chi connectivity index (χ4v) is 3.79. The van der Waals surface area contributed by atoms with Gasteiger partial charge in [0, 0.05) is 0 Å². The van der Waals surface area contributed by atoms with Gasteiger partial charge in [-0.3, -0.25) is 0 Å². The molecule has 0 aromatic heterocycles. The second-order valence-corrected chi connectivity index (χ2v) is 7.02. The summed E-state index contributed by atoms with van der Waals surface area (Å²) in [5.74, 6) is 2.85. The molecule has 2 saturated carbocycles. The lowest BCUT2D eigenvalue weighted by atomic mass is 9.92. The molecule has 0 heterocycles. The summed E-state index contributed by atoms with van der Waals surface area (Å²) < 4.78 is 0. The van der Waals surface area contributed by atoms with Crippen LogP contribution in [0.3, 0.4) is 0 Å². The van der Waals surface area contributed by atoms with Gasteiger partial charge in [-0.2, -0.15) is 0 Å². The Morgan fingerprint density at radius 1 is 1.24 bits per heavy atom. The van der Waals surface area contributed by atoms with E-state index in [1.165, 1.54) is 58.0 Å². The van der Waals surface area contributed by atoms with E-state index in [1.807, 2.05) is 0 Å². The van der Waals surface area contributed by atoms with Crippen molar-refractivity contribution in [2.75, 3.05) is 13.1 Å². The van der Waals surface area contributed by atoms with Crippen molar-refractivity contribution >= 4 is 0 Å². The number of hydrogen-bond donors (Lipinski definition) is 1. The van der Waals surface area contributed by atoms with E-state index in [0.717, 1.165) is 23.2 Å². The molecule has 0 bridgehead atoms. The van der Waals surface area contributed by atoms with Gasteiger partial charge in [-0.1, -0.05) is 40.0 Å². The standard InChI is InChI=1S/C16H31N/c1-4-14-6-5-8-16(9-7-14)10-15(16)12-17-11-13(2)3/h13-15,17H,4-12H2,1-3H3. The monoisotopic (exact) mass is 237 g/mol. The van der Waals surface area contributed by atoms with Crippen molar-refractivity contribution < 1.29 is 0 Å². The third-order valence-electron chi connectivity index (χ3n) is 5.22. The van der Waals surface area contributed by atoms with Crippen molar-refractivity contribution in [3.63, 3.8) is 0 Å². The molecule has 1 N–H and O–H groups in total. The summed E-state index contributed by atoms with van der Waals surface area (Å²) >= 11 is 0. The first-order valence-electron chi connectivity index (χ1n) is 7.87. The minimum absolute atomic E-state index is 0.786. The lowest BCUT2D eigenvalue weighted by molar-refractivity contribution is 0.368. The Bertz CT molecular complexity index is 236. The second kappa shape index (κ2) is 5.73. The van der Waals surface area contributed by atoms with Gasteiger partial charge >= 0.3 is 0 Å². The zero-order valence-corrected chi connectivity index (χ0v) is 12.1. The fraction of sp³-hybridized carbons (Fsp3) is 1.00.